The third kappa shape index (κ3) is 4.33. The fraction of sp³-hybridized carbons (Fsp3) is 0.385. The first-order valence-electron chi connectivity index (χ1n) is 6.10. The molecule has 1 aromatic heterocycles. The molecule has 0 unspecified atom stereocenters. The van der Waals surface area contributed by atoms with Crippen molar-refractivity contribution >= 4 is 56.3 Å². The van der Waals surface area contributed by atoms with Crippen LogP contribution < -0.4 is 10.6 Å². The third-order valence-electron chi connectivity index (χ3n) is 2.56. The van der Waals surface area contributed by atoms with E-state index in [1.165, 1.54) is 4.70 Å². The van der Waals surface area contributed by atoms with Crippen molar-refractivity contribution in [2.24, 2.45) is 0 Å². The summed E-state index contributed by atoms with van der Waals surface area (Å²) in [6.45, 7) is 2.93. The maximum absolute atomic E-state index is 5.27. The van der Waals surface area contributed by atoms with Crippen molar-refractivity contribution in [1.29, 1.82) is 0 Å². The highest BCUT2D eigenvalue weighted by atomic mass is 32.2. The minimum absolute atomic E-state index is 0.682. The van der Waals surface area contributed by atoms with Crippen LogP contribution >= 0.6 is 35.3 Å². The van der Waals surface area contributed by atoms with E-state index in [1.807, 2.05) is 30.8 Å². The number of thiazole rings is 1. The topological polar surface area (TPSA) is 37.0 Å². The fourth-order valence-electron chi connectivity index (χ4n) is 1.71. The number of aryl methyl sites for hydroxylation is 1. The van der Waals surface area contributed by atoms with Gasteiger partial charge in [0.2, 0.25) is 0 Å². The second-order valence-corrected chi connectivity index (χ2v) is 6.77. The van der Waals surface area contributed by atoms with Gasteiger partial charge in [-0.15, -0.1) is 11.3 Å². The highest BCUT2D eigenvalue weighted by Crippen LogP contribution is 2.24. The van der Waals surface area contributed by atoms with Crippen molar-refractivity contribution in [3.05, 3.63) is 23.2 Å². The summed E-state index contributed by atoms with van der Waals surface area (Å²) in [6.07, 6.45) is 3.24. The zero-order chi connectivity index (χ0) is 13.7. The summed E-state index contributed by atoms with van der Waals surface area (Å²) in [5, 5.41) is 8.20. The summed E-state index contributed by atoms with van der Waals surface area (Å²) in [5.74, 6) is 1.15. The van der Waals surface area contributed by atoms with Crippen LogP contribution in [0.1, 0.15) is 11.4 Å². The van der Waals surface area contributed by atoms with Crippen LogP contribution in [-0.4, -0.2) is 28.6 Å². The van der Waals surface area contributed by atoms with Crippen LogP contribution in [0.15, 0.2) is 18.2 Å². The van der Waals surface area contributed by atoms with Gasteiger partial charge in [0.15, 0.2) is 5.11 Å². The van der Waals surface area contributed by atoms with Gasteiger partial charge in [-0.3, -0.25) is 0 Å². The zero-order valence-electron chi connectivity index (χ0n) is 11.0. The molecule has 2 rings (SSSR count). The Hall–Kier alpha value is -0.850. The molecule has 0 amide bonds. The van der Waals surface area contributed by atoms with Gasteiger partial charge in [-0.05, 0) is 55.8 Å². The standard InChI is InChI=1S/C13H17N3S3/c1-9-15-11-5-4-10(8-12(11)19-9)16-13(17)14-6-3-7-18-2/h4-5,8H,3,6-7H2,1-2H3,(H2,14,16,17). The van der Waals surface area contributed by atoms with Crippen molar-refractivity contribution in [1.82, 2.24) is 10.3 Å². The molecule has 0 radical (unpaired) electrons. The molecule has 0 saturated carbocycles. The summed E-state index contributed by atoms with van der Waals surface area (Å²) in [7, 11) is 0. The molecule has 3 nitrogen and oxygen atoms in total. The first-order valence-corrected chi connectivity index (χ1v) is 8.72. The van der Waals surface area contributed by atoms with Gasteiger partial charge in [-0.1, -0.05) is 0 Å². The second kappa shape index (κ2) is 7.07. The number of anilines is 1. The average molecular weight is 312 g/mol. The van der Waals surface area contributed by atoms with E-state index in [2.05, 4.69) is 27.9 Å². The van der Waals surface area contributed by atoms with Crippen LogP contribution in [0.5, 0.6) is 0 Å². The summed E-state index contributed by atoms with van der Waals surface area (Å²) in [4.78, 5) is 4.44. The Morgan fingerprint density at radius 3 is 3.11 bits per heavy atom. The van der Waals surface area contributed by atoms with Gasteiger partial charge < -0.3 is 10.6 Å². The monoisotopic (exact) mass is 311 g/mol. The predicted octanol–water partition coefficient (Wildman–Crippen LogP) is 3.64. The lowest BCUT2D eigenvalue weighted by molar-refractivity contribution is 0.855. The molecule has 0 atom stereocenters. The number of nitrogens with zero attached hydrogens (tertiary/aromatic N) is 1. The number of hydrogen-bond acceptors (Lipinski definition) is 4. The van der Waals surface area contributed by atoms with Crippen LogP contribution in [0.4, 0.5) is 5.69 Å². The highest BCUT2D eigenvalue weighted by Gasteiger charge is 2.02. The molecule has 0 aliphatic carbocycles. The first kappa shape index (κ1) is 14.6. The molecule has 6 heteroatoms. The van der Waals surface area contributed by atoms with Gasteiger partial charge in [0.1, 0.15) is 0 Å². The SMILES string of the molecule is CSCCCNC(=S)Nc1ccc2nc(C)sc2c1. The van der Waals surface area contributed by atoms with Gasteiger partial charge in [-0.25, -0.2) is 4.98 Å². The summed E-state index contributed by atoms with van der Waals surface area (Å²) >= 11 is 8.82. The Morgan fingerprint density at radius 1 is 1.47 bits per heavy atom. The van der Waals surface area contributed by atoms with Crippen molar-refractivity contribution in [2.75, 3.05) is 23.9 Å². The second-order valence-electron chi connectivity index (χ2n) is 4.14. The lowest BCUT2D eigenvalue weighted by Crippen LogP contribution is -2.29. The summed E-state index contributed by atoms with van der Waals surface area (Å²) < 4.78 is 1.19. The van der Waals surface area contributed by atoms with Crippen LogP contribution in [0.25, 0.3) is 10.2 Å². The Bertz CT molecular complexity index is 565. The number of fused-ring (bicyclic) bond motifs is 1. The normalized spacial score (nSPS) is 10.6. The molecule has 1 heterocycles. The predicted molar refractivity (Wildman–Crippen MR) is 91.6 cm³/mol. The smallest absolute Gasteiger partial charge is 0.170 e. The molecule has 19 heavy (non-hydrogen) atoms. The van der Waals surface area contributed by atoms with Crippen molar-refractivity contribution < 1.29 is 0 Å². The van der Waals surface area contributed by atoms with E-state index in [4.69, 9.17) is 12.2 Å². The van der Waals surface area contributed by atoms with Gasteiger partial charge in [0, 0.05) is 12.2 Å². The van der Waals surface area contributed by atoms with Gasteiger partial charge >= 0.3 is 0 Å². The fourth-order valence-corrected chi connectivity index (χ4v) is 3.23. The Labute approximate surface area is 127 Å². The zero-order valence-corrected chi connectivity index (χ0v) is 13.5. The van der Waals surface area contributed by atoms with Gasteiger partial charge in [0.05, 0.1) is 15.2 Å². The molecule has 0 aliphatic rings. The first-order chi connectivity index (χ1) is 9.19. The van der Waals surface area contributed by atoms with Crippen LogP contribution in [-0.2, 0) is 0 Å². The highest BCUT2D eigenvalue weighted by molar-refractivity contribution is 7.98. The summed E-state index contributed by atoms with van der Waals surface area (Å²) in [5.41, 5.74) is 2.06. The maximum Gasteiger partial charge on any atom is 0.170 e. The lowest BCUT2D eigenvalue weighted by atomic mass is 10.3. The summed E-state index contributed by atoms with van der Waals surface area (Å²) in [6, 6.07) is 6.13. The number of thioether (sulfide) groups is 1. The minimum atomic E-state index is 0.682. The van der Waals surface area contributed by atoms with E-state index in [1.54, 1.807) is 11.3 Å². The van der Waals surface area contributed by atoms with E-state index in [0.29, 0.717) is 5.11 Å². The molecule has 0 fully saturated rings. The molecule has 0 saturated heterocycles. The van der Waals surface area contributed by atoms with E-state index in [9.17, 15) is 0 Å². The quantitative estimate of drug-likeness (QED) is 0.651. The Morgan fingerprint density at radius 2 is 2.32 bits per heavy atom. The Kier molecular flexibility index (Phi) is 5.42. The van der Waals surface area contributed by atoms with Crippen molar-refractivity contribution in [3.63, 3.8) is 0 Å². The minimum Gasteiger partial charge on any atom is -0.362 e. The number of rotatable bonds is 5. The Balaban J connectivity index is 1.91. The maximum atomic E-state index is 5.27. The number of aromatic nitrogens is 1. The molecule has 2 aromatic rings. The molecule has 102 valence electrons. The molecule has 1 aromatic carbocycles. The largest absolute Gasteiger partial charge is 0.362 e. The van der Waals surface area contributed by atoms with Crippen LogP contribution in [0, 0.1) is 6.92 Å². The van der Waals surface area contributed by atoms with E-state index in [-0.39, 0.29) is 0 Å². The molecule has 0 aliphatic heterocycles. The van der Waals surface area contributed by atoms with Crippen LogP contribution in [0.3, 0.4) is 0 Å². The number of benzene rings is 1. The van der Waals surface area contributed by atoms with E-state index >= 15 is 0 Å². The number of thiocarbonyl (C=S) groups is 1. The number of nitrogens with one attached hydrogen (secondary N) is 2. The molecular weight excluding hydrogens is 294 g/mol. The van der Waals surface area contributed by atoms with E-state index in [0.717, 1.165) is 34.9 Å². The van der Waals surface area contributed by atoms with Crippen molar-refractivity contribution in [2.45, 2.75) is 13.3 Å². The lowest BCUT2D eigenvalue weighted by Gasteiger charge is -2.10. The van der Waals surface area contributed by atoms with E-state index < -0.39 is 0 Å². The van der Waals surface area contributed by atoms with Gasteiger partial charge in [-0.2, -0.15) is 11.8 Å². The molecule has 0 spiro atoms. The molecule has 0 bridgehead atoms. The molecule has 2 N–H and O–H groups in total. The average Bonchev–Trinajstić information content (AvgIpc) is 2.74. The van der Waals surface area contributed by atoms with Gasteiger partial charge in [0.25, 0.3) is 0 Å². The van der Waals surface area contributed by atoms with Crippen molar-refractivity contribution in [3.8, 4) is 0 Å². The van der Waals surface area contributed by atoms with Crippen LogP contribution in [0.2, 0.25) is 0 Å². The third-order valence-corrected chi connectivity index (χ3v) is 4.44. The number of hydrogen-bond donors (Lipinski definition) is 2. The molecular formula is C13H17N3S3.